The normalized spacial score (nSPS) is 31.6. The van der Waals surface area contributed by atoms with E-state index in [1.54, 1.807) is 0 Å². The van der Waals surface area contributed by atoms with Crippen LogP contribution in [0.1, 0.15) is 51.4 Å². The highest BCUT2D eigenvalue weighted by Gasteiger charge is 2.73. The van der Waals surface area contributed by atoms with E-state index in [0.29, 0.717) is 11.3 Å². The van der Waals surface area contributed by atoms with Crippen molar-refractivity contribution in [1.29, 1.82) is 0 Å². The highest BCUT2D eigenvalue weighted by molar-refractivity contribution is 7.86. The van der Waals surface area contributed by atoms with Crippen molar-refractivity contribution in [1.82, 2.24) is 0 Å². The molecule has 0 amide bonds. The number of hydrogen-bond acceptors (Lipinski definition) is 4. The molecule has 3 unspecified atom stereocenters. The van der Waals surface area contributed by atoms with E-state index in [0.717, 1.165) is 32.1 Å². The molecular formula is C17H22F8O5S. The summed E-state index contributed by atoms with van der Waals surface area (Å²) in [6.07, 6.45) is -9.00. The summed E-state index contributed by atoms with van der Waals surface area (Å²) in [7, 11) is -6.93. The van der Waals surface area contributed by atoms with Gasteiger partial charge in [-0.1, -0.05) is 6.42 Å². The minimum absolute atomic E-state index is 0.0554. The molecule has 1 N–H and O–H groups in total. The molecular weight excluding hydrogens is 468 g/mol. The monoisotopic (exact) mass is 490 g/mol. The summed E-state index contributed by atoms with van der Waals surface area (Å²) in [5, 5.41) is -6.57. The third kappa shape index (κ3) is 4.41. The summed E-state index contributed by atoms with van der Waals surface area (Å²) in [4.78, 5) is 0. The van der Waals surface area contributed by atoms with Crippen molar-refractivity contribution in [2.75, 3.05) is 13.2 Å². The first-order valence-corrected chi connectivity index (χ1v) is 11.1. The first-order chi connectivity index (χ1) is 13.9. The summed E-state index contributed by atoms with van der Waals surface area (Å²) >= 11 is 0. The number of hydrogen-bond donors (Lipinski definition) is 1. The molecule has 14 heteroatoms. The minimum Gasteiger partial charge on any atom is -0.381 e. The van der Waals surface area contributed by atoms with Crippen molar-refractivity contribution < 1.29 is 57.6 Å². The van der Waals surface area contributed by atoms with Gasteiger partial charge in [0.25, 0.3) is 0 Å². The van der Waals surface area contributed by atoms with Gasteiger partial charge in [-0.3, -0.25) is 4.55 Å². The smallest absolute Gasteiger partial charge is 0.381 e. The fourth-order valence-corrected chi connectivity index (χ4v) is 5.48. The van der Waals surface area contributed by atoms with Crippen molar-refractivity contribution in [2.45, 2.75) is 74.8 Å². The lowest BCUT2D eigenvalue weighted by Crippen LogP contribution is -2.55. The molecule has 31 heavy (non-hydrogen) atoms. The van der Waals surface area contributed by atoms with Crippen molar-refractivity contribution in [3.8, 4) is 0 Å². The van der Waals surface area contributed by atoms with E-state index in [9.17, 15) is 43.5 Å². The van der Waals surface area contributed by atoms with Gasteiger partial charge in [-0.2, -0.15) is 43.5 Å². The molecule has 182 valence electrons. The SMILES string of the molecule is O=S(=O)(O)C(F)(F)C(F)(F)OC(F)(F)C(F)(F)CCCOCC12CCCC3(CC3C1)C2. The van der Waals surface area contributed by atoms with Gasteiger partial charge in [-0.15, -0.1) is 0 Å². The Morgan fingerprint density at radius 1 is 0.968 bits per heavy atom. The Balaban J connectivity index is 1.49. The fraction of sp³-hybridized carbons (Fsp3) is 1.00. The van der Waals surface area contributed by atoms with Gasteiger partial charge in [-0.05, 0) is 55.3 Å². The van der Waals surface area contributed by atoms with Crippen molar-refractivity contribution in [3.05, 3.63) is 0 Å². The molecule has 1 spiro atoms. The summed E-state index contributed by atoms with van der Waals surface area (Å²) in [5.74, 6) is -4.70. The topological polar surface area (TPSA) is 72.8 Å². The molecule has 0 aliphatic heterocycles. The maximum atomic E-state index is 13.7. The van der Waals surface area contributed by atoms with Crippen LogP contribution in [-0.2, 0) is 19.6 Å². The van der Waals surface area contributed by atoms with Crippen LogP contribution in [0.3, 0.4) is 0 Å². The van der Waals surface area contributed by atoms with Crippen LogP contribution in [0.15, 0.2) is 0 Å². The van der Waals surface area contributed by atoms with Crippen LogP contribution in [0, 0.1) is 16.7 Å². The van der Waals surface area contributed by atoms with Crippen LogP contribution in [0.25, 0.3) is 0 Å². The molecule has 3 rings (SSSR count). The number of halogens is 8. The maximum absolute atomic E-state index is 13.7. The lowest BCUT2D eigenvalue weighted by atomic mass is 9.72. The fourth-order valence-electron chi connectivity index (χ4n) is 5.14. The summed E-state index contributed by atoms with van der Waals surface area (Å²) in [6, 6.07) is 0. The molecule has 3 fully saturated rings. The van der Waals surface area contributed by atoms with Gasteiger partial charge >= 0.3 is 33.5 Å². The zero-order valence-corrected chi connectivity index (χ0v) is 17.0. The Morgan fingerprint density at radius 3 is 2.23 bits per heavy atom. The molecule has 3 aliphatic carbocycles. The maximum Gasteiger partial charge on any atom is 0.460 e. The van der Waals surface area contributed by atoms with Crippen molar-refractivity contribution >= 4 is 10.1 Å². The molecule has 3 aliphatic rings. The van der Waals surface area contributed by atoms with Crippen LogP contribution in [-0.4, -0.2) is 49.6 Å². The highest BCUT2D eigenvalue weighted by Crippen LogP contribution is 2.75. The zero-order valence-electron chi connectivity index (χ0n) is 16.2. The van der Waals surface area contributed by atoms with E-state index in [-0.39, 0.29) is 18.6 Å². The Bertz CT molecular complexity index is 804. The second-order valence-electron chi connectivity index (χ2n) is 8.99. The van der Waals surface area contributed by atoms with Gasteiger partial charge in [0.2, 0.25) is 0 Å². The van der Waals surface area contributed by atoms with Gasteiger partial charge in [0, 0.05) is 13.0 Å². The van der Waals surface area contributed by atoms with E-state index in [1.165, 1.54) is 6.42 Å². The van der Waals surface area contributed by atoms with Crippen LogP contribution >= 0.6 is 0 Å². The van der Waals surface area contributed by atoms with E-state index in [2.05, 4.69) is 4.74 Å². The molecule has 3 saturated carbocycles. The van der Waals surface area contributed by atoms with Gasteiger partial charge in [-0.25, -0.2) is 4.74 Å². The molecule has 0 aromatic carbocycles. The minimum atomic E-state index is -6.93. The molecule has 0 aromatic heterocycles. The van der Waals surface area contributed by atoms with Crippen LogP contribution < -0.4 is 0 Å². The lowest BCUT2D eigenvalue weighted by Gasteiger charge is -2.36. The van der Waals surface area contributed by atoms with E-state index >= 15 is 0 Å². The second-order valence-corrected chi connectivity index (χ2v) is 10.4. The van der Waals surface area contributed by atoms with E-state index < -0.39 is 46.4 Å². The van der Waals surface area contributed by atoms with Crippen LogP contribution in [0.5, 0.6) is 0 Å². The Kier molecular flexibility index (Phi) is 5.93. The Hall–Kier alpha value is -0.730. The number of ether oxygens (including phenoxy) is 2. The average Bonchev–Trinajstić information content (AvgIpc) is 3.15. The number of rotatable bonds is 11. The third-order valence-electron chi connectivity index (χ3n) is 6.68. The molecule has 2 bridgehead atoms. The predicted molar refractivity (Wildman–Crippen MR) is 88.5 cm³/mol. The molecule has 0 aromatic rings. The second kappa shape index (κ2) is 7.39. The standard InChI is InChI=1S/C17H22F8O5S/c18-14(19,15(20,21)30-16(22,23)17(24,25)31(26,27)28)5-2-6-29-10-12-3-1-4-13(9-12)8-11(13)7-12/h11H,1-10H2,(H,26,27,28). The summed E-state index contributed by atoms with van der Waals surface area (Å²) < 4.78 is 143. The predicted octanol–water partition coefficient (Wildman–Crippen LogP) is 5.07. The first-order valence-electron chi connectivity index (χ1n) is 9.65. The first kappa shape index (κ1) is 24.9. The number of alkyl halides is 8. The van der Waals surface area contributed by atoms with Gasteiger partial charge in [0.15, 0.2) is 0 Å². The third-order valence-corrected chi connectivity index (χ3v) is 7.57. The molecule has 0 heterocycles. The highest BCUT2D eigenvalue weighted by atomic mass is 32.2. The lowest BCUT2D eigenvalue weighted by molar-refractivity contribution is -0.456. The van der Waals surface area contributed by atoms with Crippen molar-refractivity contribution in [3.63, 3.8) is 0 Å². The van der Waals surface area contributed by atoms with Gasteiger partial charge in [0.1, 0.15) is 0 Å². The Labute approximate surface area is 173 Å². The van der Waals surface area contributed by atoms with E-state index in [1.807, 2.05) is 0 Å². The molecule has 0 radical (unpaired) electrons. The van der Waals surface area contributed by atoms with Crippen LogP contribution in [0.2, 0.25) is 0 Å². The van der Waals surface area contributed by atoms with E-state index in [4.69, 9.17) is 9.29 Å². The Morgan fingerprint density at radius 2 is 1.61 bits per heavy atom. The average molecular weight is 490 g/mol. The zero-order chi connectivity index (χ0) is 23.6. The number of fused-ring (bicyclic) bond motifs is 1. The summed E-state index contributed by atoms with van der Waals surface area (Å²) in [5.41, 5.74) is 0.309. The van der Waals surface area contributed by atoms with Crippen LogP contribution in [0.4, 0.5) is 35.1 Å². The quantitative estimate of drug-likeness (QED) is 0.249. The van der Waals surface area contributed by atoms with Gasteiger partial charge in [0.05, 0.1) is 6.61 Å². The van der Waals surface area contributed by atoms with Gasteiger partial charge < -0.3 is 4.74 Å². The molecule has 5 nitrogen and oxygen atoms in total. The largest absolute Gasteiger partial charge is 0.460 e. The van der Waals surface area contributed by atoms with Crippen molar-refractivity contribution in [2.24, 2.45) is 16.7 Å². The molecule has 3 atom stereocenters. The summed E-state index contributed by atoms with van der Waals surface area (Å²) in [6.45, 7) is -0.120. The molecule has 0 saturated heterocycles.